The molecule has 1 amide bonds. The van der Waals surface area contributed by atoms with Gasteiger partial charge in [-0.25, -0.2) is 4.79 Å². The third-order valence-electron chi connectivity index (χ3n) is 5.07. The van der Waals surface area contributed by atoms with E-state index in [4.69, 9.17) is 9.15 Å². The minimum atomic E-state index is -0.505. The van der Waals surface area contributed by atoms with Gasteiger partial charge in [-0.15, -0.1) is 0 Å². The summed E-state index contributed by atoms with van der Waals surface area (Å²) in [5.74, 6) is -0.128. The van der Waals surface area contributed by atoms with Crippen LogP contribution in [0.2, 0.25) is 0 Å². The maximum atomic E-state index is 12.7. The van der Waals surface area contributed by atoms with Gasteiger partial charge < -0.3 is 19.6 Å². The molecule has 30 heavy (non-hydrogen) atoms. The van der Waals surface area contributed by atoms with Crippen molar-refractivity contribution < 1.29 is 19.1 Å². The molecule has 2 aromatic carbocycles. The van der Waals surface area contributed by atoms with Crippen molar-refractivity contribution in [2.45, 2.75) is 20.4 Å². The summed E-state index contributed by atoms with van der Waals surface area (Å²) in [4.78, 5) is 26.6. The highest BCUT2D eigenvalue weighted by Crippen LogP contribution is 2.23. The minimum absolute atomic E-state index is 0.0203. The van der Waals surface area contributed by atoms with E-state index in [0.717, 1.165) is 22.4 Å². The van der Waals surface area contributed by atoms with Crippen LogP contribution in [0.4, 0.5) is 5.69 Å². The van der Waals surface area contributed by atoms with E-state index in [1.165, 1.54) is 12.1 Å². The lowest BCUT2D eigenvalue weighted by atomic mass is 10.1. The number of nitrogens with zero attached hydrogens (tertiary/aromatic N) is 1. The highest BCUT2D eigenvalue weighted by Gasteiger charge is 2.15. The minimum Gasteiger partial charge on any atom is -0.508 e. The van der Waals surface area contributed by atoms with Crippen molar-refractivity contribution in [1.82, 2.24) is 4.90 Å². The fourth-order valence-electron chi connectivity index (χ4n) is 3.30. The topological polar surface area (TPSA) is 92.0 Å². The van der Waals surface area contributed by atoms with Crippen LogP contribution in [-0.2, 0) is 16.1 Å². The number of hydrogen-bond acceptors (Lipinski definition) is 6. The summed E-state index contributed by atoms with van der Waals surface area (Å²) in [5, 5.41) is 13.3. The molecule has 0 saturated heterocycles. The molecule has 1 aromatic heterocycles. The Morgan fingerprint density at radius 2 is 2.00 bits per heavy atom. The second-order valence-electron chi connectivity index (χ2n) is 7.27. The molecule has 0 aliphatic carbocycles. The largest absolute Gasteiger partial charge is 0.508 e. The number of carbonyl (C=O) groups excluding carboxylic acids is 1. The van der Waals surface area contributed by atoms with Crippen LogP contribution in [-0.4, -0.2) is 42.7 Å². The molecule has 3 aromatic rings. The van der Waals surface area contributed by atoms with Crippen molar-refractivity contribution in [2.75, 3.05) is 32.1 Å². The van der Waals surface area contributed by atoms with Crippen molar-refractivity contribution in [2.24, 2.45) is 0 Å². The molecule has 2 N–H and O–H groups in total. The van der Waals surface area contributed by atoms with E-state index < -0.39 is 5.63 Å². The molecule has 0 unspecified atom stereocenters. The molecule has 0 atom stereocenters. The number of phenols is 1. The van der Waals surface area contributed by atoms with Gasteiger partial charge >= 0.3 is 5.63 Å². The first-order valence-corrected chi connectivity index (χ1v) is 9.70. The van der Waals surface area contributed by atoms with E-state index in [-0.39, 0.29) is 18.2 Å². The van der Waals surface area contributed by atoms with Gasteiger partial charge in [-0.3, -0.25) is 9.69 Å². The normalized spacial score (nSPS) is 11.2. The van der Waals surface area contributed by atoms with E-state index in [1.807, 2.05) is 36.9 Å². The molecular formula is C23H26N2O5. The zero-order valence-corrected chi connectivity index (χ0v) is 17.4. The molecule has 3 rings (SSSR count). The Hall–Kier alpha value is -3.16. The van der Waals surface area contributed by atoms with Crippen molar-refractivity contribution >= 4 is 22.6 Å². The fourth-order valence-corrected chi connectivity index (χ4v) is 3.30. The maximum absolute atomic E-state index is 12.7. The number of fused-ring (bicyclic) bond motifs is 1. The highest BCUT2D eigenvalue weighted by atomic mass is 16.5. The SMILES string of the molecule is COCCN(CC(=O)Nc1cccc(C)c1C)Cc1cc(=O)oc2cc(O)ccc12. The number of aryl methyl sites for hydroxylation is 1. The van der Waals surface area contributed by atoms with Crippen LogP contribution in [0.25, 0.3) is 11.0 Å². The number of aromatic hydroxyl groups is 1. The number of ether oxygens (including phenoxy) is 1. The number of nitrogens with one attached hydrogen (secondary N) is 1. The summed E-state index contributed by atoms with van der Waals surface area (Å²) in [6, 6.07) is 11.9. The summed E-state index contributed by atoms with van der Waals surface area (Å²) in [6.07, 6.45) is 0. The summed E-state index contributed by atoms with van der Waals surface area (Å²) in [5.41, 5.74) is 3.44. The van der Waals surface area contributed by atoms with Gasteiger partial charge in [0.05, 0.1) is 13.2 Å². The van der Waals surface area contributed by atoms with Crippen LogP contribution in [0.1, 0.15) is 16.7 Å². The van der Waals surface area contributed by atoms with E-state index in [9.17, 15) is 14.7 Å². The number of rotatable bonds is 8. The average Bonchev–Trinajstić information content (AvgIpc) is 2.69. The molecule has 7 heteroatoms. The van der Waals surface area contributed by atoms with Crippen molar-refractivity contribution in [3.05, 3.63) is 69.6 Å². The molecule has 0 aliphatic rings. The number of hydrogen-bond donors (Lipinski definition) is 2. The predicted octanol–water partition coefficient (Wildman–Crippen LogP) is 3.20. The smallest absolute Gasteiger partial charge is 0.336 e. The zero-order chi connectivity index (χ0) is 21.7. The molecule has 0 saturated carbocycles. The number of benzene rings is 2. The van der Waals surface area contributed by atoms with Crippen LogP contribution in [0, 0.1) is 13.8 Å². The molecule has 0 fully saturated rings. The van der Waals surface area contributed by atoms with E-state index in [0.29, 0.717) is 30.7 Å². The number of anilines is 1. The van der Waals surface area contributed by atoms with Gasteiger partial charge in [-0.1, -0.05) is 12.1 Å². The predicted molar refractivity (Wildman–Crippen MR) is 116 cm³/mol. The molecule has 158 valence electrons. The molecular weight excluding hydrogens is 384 g/mol. The molecule has 0 aliphatic heterocycles. The second kappa shape index (κ2) is 9.56. The van der Waals surface area contributed by atoms with Gasteiger partial charge in [0, 0.05) is 43.4 Å². The quantitative estimate of drug-likeness (QED) is 0.554. The Morgan fingerprint density at radius 3 is 2.77 bits per heavy atom. The second-order valence-corrected chi connectivity index (χ2v) is 7.27. The monoisotopic (exact) mass is 410 g/mol. The lowest BCUT2D eigenvalue weighted by Crippen LogP contribution is -2.35. The lowest BCUT2D eigenvalue weighted by Gasteiger charge is -2.22. The van der Waals surface area contributed by atoms with Crippen LogP contribution in [0.5, 0.6) is 5.75 Å². The molecule has 0 spiro atoms. The Bertz CT molecular complexity index is 1110. The summed E-state index contributed by atoms with van der Waals surface area (Å²) in [7, 11) is 1.60. The number of phenolic OH excluding ortho intramolecular Hbond substituents is 1. The maximum Gasteiger partial charge on any atom is 0.336 e. The Morgan fingerprint density at radius 1 is 1.20 bits per heavy atom. The standard InChI is InChI=1S/C23H26N2O5/c1-15-5-4-6-20(16(15)2)24-22(27)14-25(9-10-29-3)13-17-11-23(28)30-21-12-18(26)7-8-19(17)21/h4-8,11-12,26H,9-10,13-14H2,1-3H3,(H,24,27). The van der Waals surface area contributed by atoms with E-state index >= 15 is 0 Å². The summed E-state index contributed by atoms with van der Waals surface area (Å²) < 4.78 is 10.4. The first-order valence-electron chi connectivity index (χ1n) is 9.70. The Labute approximate surface area is 174 Å². The van der Waals surface area contributed by atoms with Crippen molar-refractivity contribution in [1.29, 1.82) is 0 Å². The van der Waals surface area contributed by atoms with Crippen LogP contribution in [0.3, 0.4) is 0 Å². The van der Waals surface area contributed by atoms with Gasteiger partial charge in [0.2, 0.25) is 5.91 Å². The molecule has 7 nitrogen and oxygen atoms in total. The molecule has 1 heterocycles. The van der Waals surface area contributed by atoms with Gasteiger partial charge in [-0.05, 0) is 48.7 Å². The van der Waals surface area contributed by atoms with Crippen molar-refractivity contribution in [3.8, 4) is 5.75 Å². The van der Waals surface area contributed by atoms with Crippen LogP contribution in [0.15, 0.2) is 51.7 Å². The number of carbonyl (C=O) groups is 1. The Balaban J connectivity index is 1.81. The average molecular weight is 410 g/mol. The van der Waals surface area contributed by atoms with Crippen LogP contribution < -0.4 is 10.9 Å². The molecule has 0 bridgehead atoms. The van der Waals surface area contributed by atoms with Gasteiger partial charge in [0.15, 0.2) is 0 Å². The van der Waals surface area contributed by atoms with Gasteiger partial charge in [-0.2, -0.15) is 0 Å². The van der Waals surface area contributed by atoms with Gasteiger partial charge in [0.25, 0.3) is 0 Å². The summed E-state index contributed by atoms with van der Waals surface area (Å²) in [6.45, 7) is 5.42. The highest BCUT2D eigenvalue weighted by molar-refractivity contribution is 5.93. The fraction of sp³-hybridized carbons (Fsp3) is 0.304. The third-order valence-corrected chi connectivity index (χ3v) is 5.07. The number of methoxy groups -OCH3 is 1. The number of amides is 1. The summed E-state index contributed by atoms with van der Waals surface area (Å²) >= 11 is 0. The zero-order valence-electron chi connectivity index (χ0n) is 17.4. The lowest BCUT2D eigenvalue weighted by molar-refractivity contribution is -0.117. The first-order chi connectivity index (χ1) is 14.4. The van der Waals surface area contributed by atoms with E-state index in [1.54, 1.807) is 19.2 Å². The van der Waals surface area contributed by atoms with E-state index in [2.05, 4.69) is 5.32 Å². The Kier molecular flexibility index (Phi) is 6.87. The van der Waals surface area contributed by atoms with Crippen LogP contribution >= 0.6 is 0 Å². The van der Waals surface area contributed by atoms with Crippen molar-refractivity contribution in [3.63, 3.8) is 0 Å². The first kappa shape index (κ1) is 21.5. The molecule has 0 radical (unpaired) electrons. The third kappa shape index (κ3) is 5.25. The van der Waals surface area contributed by atoms with Gasteiger partial charge in [0.1, 0.15) is 11.3 Å².